The summed E-state index contributed by atoms with van der Waals surface area (Å²) in [6.07, 6.45) is 1.01. The van der Waals surface area contributed by atoms with Crippen molar-refractivity contribution >= 4 is 38.6 Å². The number of halogens is 1. The van der Waals surface area contributed by atoms with Gasteiger partial charge in [0.25, 0.3) is 0 Å². The van der Waals surface area contributed by atoms with E-state index in [9.17, 15) is 8.42 Å². The van der Waals surface area contributed by atoms with Gasteiger partial charge >= 0.3 is 0 Å². The van der Waals surface area contributed by atoms with Gasteiger partial charge in [-0.3, -0.25) is 0 Å². The zero-order chi connectivity index (χ0) is 14.8. The molecule has 0 fully saturated rings. The molecule has 0 atom stereocenters. The Labute approximate surface area is 127 Å². The van der Waals surface area contributed by atoms with Crippen molar-refractivity contribution in [1.29, 1.82) is 0 Å². The molecule has 108 valence electrons. The SMILES string of the molecule is CCc1ccc(CNc2cc(S(N)(=O)=O)ccc2Cl)s1. The number of nitrogens with one attached hydrogen (secondary N) is 1. The molecule has 0 radical (unpaired) electrons. The van der Waals surface area contributed by atoms with Crippen LogP contribution in [0.3, 0.4) is 0 Å². The summed E-state index contributed by atoms with van der Waals surface area (Å²) >= 11 is 7.77. The molecule has 0 aliphatic heterocycles. The molecule has 0 amide bonds. The molecule has 1 heterocycles. The van der Waals surface area contributed by atoms with Crippen LogP contribution in [0.25, 0.3) is 0 Å². The van der Waals surface area contributed by atoms with Crippen LogP contribution in [0.2, 0.25) is 5.02 Å². The highest BCUT2D eigenvalue weighted by molar-refractivity contribution is 7.89. The first-order chi connectivity index (χ1) is 9.40. The number of sulfonamides is 1. The largest absolute Gasteiger partial charge is 0.379 e. The first-order valence-corrected chi connectivity index (χ1v) is 8.78. The Morgan fingerprint density at radius 3 is 2.55 bits per heavy atom. The molecule has 0 aliphatic rings. The molecular weight excluding hydrogens is 316 g/mol. The highest BCUT2D eigenvalue weighted by Crippen LogP contribution is 2.26. The van der Waals surface area contributed by atoms with E-state index in [2.05, 4.69) is 18.3 Å². The average Bonchev–Trinajstić information content (AvgIpc) is 2.84. The maximum atomic E-state index is 11.3. The molecule has 0 unspecified atom stereocenters. The number of thiophene rings is 1. The quantitative estimate of drug-likeness (QED) is 0.884. The molecule has 0 spiro atoms. The van der Waals surface area contributed by atoms with E-state index in [0.717, 1.165) is 6.42 Å². The van der Waals surface area contributed by atoms with Crippen LogP contribution in [-0.2, 0) is 23.0 Å². The molecule has 0 saturated heterocycles. The minimum atomic E-state index is -3.72. The maximum absolute atomic E-state index is 11.3. The summed E-state index contributed by atoms with van der Waals surface area (Å²) in [5, 5.41) is 8.71. The van der Waals surface area contributed by atoms with Gasteiger partial charge in [0.1, 0.15) is 0 Å². The second kappa shape index (κ2) is 6.13. The summed E-state index contributed by atoms with van der Waals surface area (Å²) in [4.78, 5) is 2.52. The average molecular weight is 331 g/mol. The van der Waals surface area contributed by atoms with Gasteiger partial charge in [0, 0.05) is 16.3 Å². The third-order valence-electron chi connectivity index (χ3n) is 2.79. The van der Waals surface area contributed by atoms with Crippen molar-refractivity contribution < 1.29 is 8.42 Å². The number of aryl methyl sites for hydroxylation is 1. The van der Waals surface area contributed by atoms with Crippen molar-refractivity contribution in [2.75, 3.05) is 5.32 Å². The van der Waals surface area contributed by atoms with Gasteiger partial charge in [-0.25, -0.2) is 13.6 Å². The van der Waals surface area contributed by atoms with Gasteiger partial charge in [0.2, 0.25) is 10.0 Å². The van der Waals surface area contributed by atoms with Gasteiger partial charge in [-0.05, 0) is 36.8 Å². The molecule has 0 aliphatic carbocycles. The van der Waals surface area contributed by atoms with Crippen LogP contribution in [-0.4, -0.2) is 8.42 Å². The topological polar surface area (TPSA) is 72.2 Å². The fraction of sp³-hybridized carbons (Fsp3) is 0.231. The highest BCUT2D eigenvalue weighted by Gasteiger charge is 2.10. The number of primary sulfonamides is 1. The molecule has 4 nitrogen and oxygen atoms in total. The first-order valence-electron chi connectivity index (χ1n) is 6.04. The summed E-state index contributed by atoms with van der Waals surface area (Å²) in [6.45, 7) is 2.70. The number of hydrogen-bond donors (Lipinski definition) is 2. The van der Waals surface area contributed by atoms with Crippen molar-refractivity contribution in [2.24, 2.45) is 5.14 Å². The number of hydrogen-bond acceptors (Lipinski definition) is 4. The lowest BCUT2D eigenvalue weighted by Gasteiger charge is -2.09. The van der Waals surface area contributed by atoms with E-state index < -0.39 is 10.0 Å². The van der Waals surface area contributed by atoms with E-state index in [1.165, 1.54) is 28.0 Å². The fourth-order valence-electron chi connectivity index (χ4n) is 1.71. The third-order valence-corrected chi connectivity index (χ3v) is 5.26. The van der Waals surface area contributed by atoms with Gasteiger partial charge in [0.05, 0.1) is 15.6 Å². The van der Waals surface area contributed by atoms with E-state index >= 15 is 0 Å². The molecular formula is C13H15ClN2O2S2. The Balaban J connectivity index is 2.16. The minimum Gasteiger partial charge on any atom is -0.379 e. The Morgan fingerprint density at radius 2 is 1.95 bits per heavy atom. The lowest BCUT2D eigenvalue weighted by Crippen LogP contribution is -2.12. The van der Waals surface area contributed by atoms with E-state index in [0.29, 0.717) is 17.3 Å². The first kappa shape index (κ1) is 15.3. The Morgan fingerprint density at radius 1 is 1.25 bits per heavy atom. The van der Waals surface area contributed by atoms with E-state index in [4.69, 9.17) is 16.7 Å². The molecule has 3 N–H and O–H groups in total. The minimum absolute atomic E-state index is 0.0461. The van der Waals surface area contributed by atoms with Gasteiger partial charge in [0.15, 0.2) is 0 Å². The van der Waals surface area contributed by atoms with Crippen molar-refractivity contribution in [3.8, 4) is 0 Å². The molecule has 1 aromatic heterocycles. The Kier molecular flexibility index (Phi) is 4.70. The van der Waals surface area contributed by atoms with E-state index in [-0.39, 0.29) is 4.90 Å². The highest BCUT2D eigenvalue weighted by atomic mass is 35.5. The van der Waals surface area contributed by atoms with Gasteiger partial charge < -0.3 is 5.32 Å². The smallest absolute Gasteiger partial charge is 0.238 e. The molecule has 1 aromatic carbocycles. The van der Waals surface area contributed by atoms with Crippen LogP contribution in [0.4, 0.5) is 5.69 Å². The van der Waals surface area contributed by atoms with Gasteiger partial charge in [-0.1, -0.05) is 18.5 Å². The predicted octanol–water partition coefficient (Wildman–Crippen LogP) is 3.22. The van der Waals surface area contributed by atoms with Crippen LogP contribution in [0.5, 0.6) is 0 Å². The summed E-state index contributed by atoms with van der Waals surface area (Å²) in [5.41, 5.74) is 0.560. The second-order valence-electron chi connectivity index (χ2n) is 4.26. The molecule has 0 saturated carbocycles. The number of anilines is 1. The molecule has 7 heteroatoms. The maximum Gasteiger partial charge on any atom is 0.238 e. The Hall–Kier alpha value is -1.08. The normalized spacial score (nSPS) is 11.6. The van der Waals surface area contributed by atoms with E-state index in [1.54, 1.807) is 11.3 Å². The van der Waals surface area contributed by atoms with Crippen molar-refractivity contribution in [2.45, 2.75) is 24.8 Å². The molecule has 2 aromatic rings. The van der Waals surface area contributed by atoms with Crippen molar-refractivity contribution in [3.05, 3.63) is 45.1 Å². The van der Waals surface area contributed by atoms with Crippen LogP contribution in [0.1, 0.15) is 16.7 Å². The number of benzene rings is 1. The predicted molar refractivity (Wildman–Crippen MR) is 83.8 cm³/mol. The number of rotatable bonds is 5. The van der Waals surface area contributed by atoms with Gasteiger partial charge in [-0.15, -0.1) is 11.3 Å². The van der Waals surface area contributed by atoms with Crippen LogP contribution < -0.4 is 10.5 Å². The lowest BCUT2D eigenvalue weighted by molar-refractivity contribution is 0.598. The summed E-state index contributed by atoms with van der Waals surface area (Å²) < 4.78 is 22.6. The Bertz CT molecular complexity index is 711. The van der Waals surface area contributed by atoms with Crippen LogP contribution >= 0.6 is 22.9 Å². The third kappa shape index (κ3) is 3.73. The molecule has 2 rings (SSSR count). The summed E-state index contributed by atoms with van der Waals surface area (Å²) in [6, 6.07) is 8.50. The molecule has 0 bridgehead atoms. The van der Waals surface area contributed by atoms with Crippen LogP contribution in [0, 0.1) is 0 Å². The standard InChI is InChI=1S/C13H15ClN2O2S2/c1-2-9-3-4-10(19-9)8-16-13-7-11(20(15,17)18)5-6-12(13)14/h3-7,16H,2,8H2,1H3,(H2,15,17,18). The number of nitrogens with two attached hydrogens (primary N) is 1. The zero-order valence-corrected chi connectivity index (χ0v) is 13.3. The van der Waals surface area contributed by atoms with Gasteiger partial charge in [-0.2, -0.15) is 0 Å². The zero-order valence-electron chi connectivity index (χ0n) is 10.9. The second-order valence-corrected chi connectivity index (χ2v) is 7.48. The van der Waals surface area contributed by atoms with Crippen molar-refractivity contribution in [3.63, 3.8) is 0 Å². The van der Waals surface area contributed by atoms with E-state index in [1.807, 2.05) is 6.07 Å². The fourth-order valence-corrected chi connectivity index (χ4v) is 3.33. The monoisotopic (exact) mass is 330 g/mol. The molecule has 20 heavy (non-hydrogen) atoms. The van der Waals surface area contributed by atoms with Crippen molar-refractivity contribution in [1.82, 2.24) is 0 Å². The summed E-state index contributed by atoms with van der Waals surface area (Å²) in [5.74, 6) is 0. The van der Waals surface area contributed by atoms with Crippen LogP contribution in [0.15, 0.2) is 35.2 Å². The summed E-state index contributed by atoms with van der Waals surface area (Å²) in [7, 11) is -3.72. The lowest BCUT2D eigenvalue weighted by atomic mass is 10.3.